The number of carbonyl (C=O) groups excluding carboxylic acids is 2. The number of carbonyl (C=O) groups is 2. The van der Waals surface area contributed by atoms with E-state index < -0.39 is 11.4 Å². The Balaban J connectivity index is 2.66. The second-order valence-electron chi connectivity index (χ2n) is 4.97. The van der Waals surface area contributed by atoms with Gasteiger partial charge in [0.1, 0.15) is 17.8 Å². The van der Waals surface area contributed by atoms with Crippen molar-refractivity contribution in [2.45, 2.75) is 27.7 Å². The molecule has 0 saturated carbocycles. The lowest BCUT2D eigenvalue weighted by Gasteiger charge is -2.20. The number of benzene rings is 1. The largest absolute Gasteiger partial charge is 0.486 e. The highest BCUT2D eigenvalue weighted by molar-refractivity contribution is 9.10. The number of hydrogen-bond acceptors (Lipinski definition) is 4. The van der Waals surface area contributed by atoms with Crippen LogP contribution in [-0.4, -0.2) is 25.0 Å². The zero-order valence-corrected chi connectivity index (χ0v) is 13.7. The fourth-order valence-corrected chi connectivity index (χ4v) is 1.71. The normalized spacial score (nSPS) is 11.1. The average Bonchev–Trinajstić information content (AvgIpc) is 2.39. The zero-order valence-electron chi connectivity index (χ0n) is 12.2. The predicted molar refractivity (Wildman–Crippen MR) is 79.8 cm³/mol. The third-order valence-corrected chi connectivity index (χ3v) is 3.87. The Morgan fingerprint density at radius 3 is 2.50 bits per heavy atom. The van der Waals surface area contributed by atoms with Gasteiger partial charge in [-0.15, -0.1) is 0 Å². The Morgan fingerprint density at radius 1 is 1.30 bits per heavy atom. The summed E-state index contributed by atoms with van der Waals surface area (Å²) in [6, 6.07) is 5.45. The van der Waals surface area contributed by atoms with E-state index in [2.05, 4.69) is 15.9 Å². The first-order valence-corrected chi connectivity index (χ1v) is 7.17. The second kappa shape index (κ2) is 6.88. The van der Waals surface area contributed by atoms with Crippen molar-refractivity contribution in [3.05, 3.63) is 28.2 Å². The number of rotatable bonds is 6. The van der Waals surface area contributed by atoms with Gasteiger partial charge in [-0.25, -0.2) is 0 Å². The summed E-state index contributed by atoms with van der Waals surface area (Å²) in [5, 5.41) is 0. The first-order valence-electron chi connectivity index (χ1n) is 6.38. The molecule has 0 aliphatic carbocycles. The highest BCUT2D eigenvalue weighted by atomic mass is 79.9. The van der Waals surface area contributed by atoms with E-state index in [1.807, 2.05) is 19.1 Å². The van der Waals surface area contributed by atoms with Gasteiger partial charge in [0.15, 0.2) is 5.78 Å². The van der Waals surface area contributed by atoms with Gasteiger partial charge >= 0.3 is 5.97 Å². The van der Waals surface area contributed by atoms with E-state index in [4.69, 9.17) is 9.47 Å². The number of aryl methyl sites for hydroxylation is 1. The SMILES string of the molecule is CCOC(=O)C(C)(C)C(=O)COc1ccc(Br)c(C)c1. The number of Topliss-reactive ketones (excluding diaryl/α,β-unsaturated/α-hetero) is 1. The maximum atomic E-state index is 12.1. The Morgan fingerprint density at radius 2 is 1.95 bits per heavy atom. The Labute approximate surface area is 127 Å². The van der Waals surface area contributed by atoms with Crippen molar-refractivity contribution < 1.29 is 19.1 Å². The Hall–Kier alpha value is -1.36. The minimum Gasteiger partial charge on any atom is -0.486 e. The van der Waals surface area contributed by atoms with Gasteiger partial charge in [-0.2, -0.15) is 0 Å². The number of ketones is 1. The maximum absolute atomic E-state index is 12.1. The van der Waals surface area contributed by atoms with Gasteiger partial charge in [0.25, 0.3) is 0 Å². The van der Waals surface area contributed by atoms with Crippen LogP contribution < -0.4 is 4.74 Å². The van der Waals surface area contributed by atoms with Crippen LogP contribution in [0.1, 0.15) is 26.3 Å². The standard InChI is InChI=1S/C15H19BrO4/c1-5-19-14(18)15(3,4)13(17)9-20-11-6-7-12(16)10(2)8-11/h6-8H,5,9H2,1-4H3. The van der Waals surface area contributed by atoms with Crippen LogP contribution in [0.15, 0.2) is 22.7 Å². The molecule has 0 atom stereocenters. The highest BCUT2D eigenvalue weighted by Gasteiger charge is 2.37. The van der Waals surface area contributed by atoms with Gasteiger partial charge in [0.2, 0.25) is 0 Å². The van der Waals surface area contributed by atoms with Crippen molar-refractivity contribution in [2.24, 2.45) is 5.41 Å². The molecule has 1 rings (SSSR count). The molecule has 0 aliphatic heterocycles. The molecule has 0 bridgehead atoms. The van der Waals surface area contributed by atoms with Crippen LogP contribution in [0.5, 0.6) is 5.75 Å². The molecule has 0 aliphatic rings. The molecular weight excluding hydrogens is 324 g/mol. The Kier molecular flexibility index (Phi) is 5.74. The van der Waals surface area contributed by atoms with E-state index in [-0.39, 0.29) is 19.0 Å². The number of halogens is 1. The highest BCUT2D eigenvalue weighted by Crippen LogP contribution is 2.23. The van der Waals surface area contributed by atoms with Crippen LogP contribution in [0.4, 0.5) is 0 Å². The lowest BCUT2D eigenvalue weighted by molar-refractivity contribution is -0.158. The molecule has 0 N–H and O–H groups in total. The summed E-state index contributed by atoms with van der Waals surface area (Å²) in [7, 11) is 0. The van der Waals surface area contributed by atoms with Crippen molar-refractivity contribution >= 4 is 27.7 Å². The quantitative estimate of drug-likeness (QED) is 0.588. The van der Waals surface area contributed by atoms with Crippen LogP contribution >= 0.6 is 15.9 Å². The second-order valence-corrected chi connectivity index (χ2v) is 5.82. The molecule has 0 aromatic heterocycles. The summed E-state index contributed by atoms with van der Waals surface area (Å²) in [6.07, 6.45) is 0. The molecule has 0 spiro atoms. The monoisotopic (exact) mass is 342 g/mol. The van der Waals surface area contributed by atoms with Gasteiger partial charge in [-0.05, 0) is 51.5 Å². The first kappa shape index (κ1) is 16.7. The van der Waals surface area contributed by atoms with E-state index in [1.54, 1.807) is 26.8 Å². The van der Waals surface area contributed by atoms with Crippen molar-refractivity contribution in [2.75, 3.05) is 13.2 Å². The number of hydrogen-bond donors (Lipinski definition) is 0. The maximum Gasteiger partial charge on any atom is 0.319 e. The minimum atomic E-state index is -1.19. The molecule has 110 valence electrons. The summed E-state index contributed by atoms with van der Waals surface area (Å²) < 4.78 is 11.3. The van der Waals surface area contributed by atoms with Gasteiger partial charge in [-0.3, -0.25) is 9.59 Å². The molecule has 1 aromatic rings. The summed E-state index contributed by atoms with van der Waals surface area (Å²) in [6.45, 7) is 6.82. The number of esters is 1. The molecule has 0 fully saturated rings. The van der Waals surface area contributed by atoms with E-state index in [1.165, 1.54) is 0 Å². The fraction of sp³-hybridized carbons (Fsp3) is 0.467. The zero-order chi connectivity index (χ0) is 15.3. The van der Waals surface area contributed by atoms with Crippen molar-refractivity contribution in [1.82, 2.24) is 0 Å². The first-order chi connectivity index (χ1) is 9.28. The van der Waals surface area contributed by atoms with E-state index in [9.17, 15) is 9.59 Å². The lowest BCUT2D eigenvalue weighted by atomic mass is 9.88. The van der Waals surface area contributed by atoms with E-state index >= 15 is 0 Å². The third kappa shape index (κ3) is 4.07. The van der Waals surface area contributed by atoms with Crippen molar-refractivity contribution in [1.29, 1.82) is 0 Å². The van der Waals surface area contributed by atoms with Gasteiger partial charge in [0.05, 0.1) is 6.61 Å². The molecular formula is C15H19BrO4. The van der Waals surface area contributed by atoms with Crippen LogP contribution in [0.2, 0.25) is 0 Å². The van der Waals surface area contributed by atoms with Crippen LogP contribution in [0.25, 0.3) is 0 Å². The van der Waals surface area contributed by atoms with Gasteiger partial charge in [-0.1, -0.05) is 15.9 Å². The molecule has 0 radical (unpaired) electrons. The van der Waals surface area contributed by atoms with E-state index in [0.29, 0.717) is 5.75 Å². The smallest absolute Gasteiger partial charge is 0.319 e. The van der Waals surface area contributed by atoms with E-state index in [0.717, 1.165) is 10.0 Å². The van der Waals surface area contributed by atoms with Crippen LogP contribution in [-0.2, 0) is 14.3 Å². The molecule has 4 nitrogen and oxygen atoms in total. The number of ether oxygens (including phenoxy) is 2. The van der Waals surface area contributed by atoms with Crippen LogP contribution in [0.3, 0.4) is 0 Å². The molecule has 20 heavy (non-hydrogen) atoms. The molecule has 0 amide bonds. The molecule has 0 heterocycles. The molecule has 5 heteroatoms. The minimum absolute atomic E-state index is 0.160. The van der Waals surface area contributed by atoms with Gasteiger partial charge < -0.3 is 9.47 Å². The topological polar surface area (TPSA) is 52.6 Å². The lowest BCUT2D eigenvalue weighted by Crippen LogP contribution is -2.38. The summed E-state index contributed by atoms with van der Waals surface area (Å²) in [5.74, 6) is -0.240. The summed E-state index contributed by atoms with van der Waals surface area (Å²) in [5.41, 5.74) is -0.181. The van der Waals surface area contributed by atoms with Gasteiger partial charge in [0, 0.05) is 4.47 Å². The molecule has 1 aromatic carbocycles. The third-order valence-electron chi connectivity index (χ3n) is 2.98. The summed E-state index contributed by atoms with van der Waals surface area (Å²) in [4.78, 5) is 23.8. The predicted octanol–water partition coefficient (Wildman–Crippen LogP) is 3.29. The molecule has 0 saturated heterocycles. The van der Waals surface area contributed by atoms with Crippen LogP contribution in [0, 0.1) is 12.3 Å². The fourth-order valence-electron chi connectivity index (χ4n) is 1.46. The average molecular weight is 343 g/mol. The Bertz CT molecular complexity index is 509. The van der Waals surface area contributed by atoms with Crippen molar-refractivity contribution in [3.8, 4) is 5.75 Å². The summed E-state index contributed by atoms with van der Waals surface area (Å²) >= 11 is 3.39. The molecule has 0 unspecified atom stereocenters. The van der Waals surface area contributed by atoms with Crippen molar-refractivity contribution in [3.63, 3.8) is 0 Å².